The highest BCUT2D eigenvalue weighted by Gasteiger charge is 2.10. The molecule has 1 aromatic carbocycles. The van der Waals surface area contributed by atoms with Gasteiger partial charge in [-0.3, -0.25) is 0 Å². The van der Waals surface area contributed by atoms with Gasteiger partial charge >= 0.3 is 0 Å². The Kier molecular flexibility index (Phi) is 5.85. The van der Waals surface area contributed by atoms with Gasteiger partial charge in [-0.15, -0.1) is 0 Å². The highest BCUT2D eigenvalue weighted by molar-refractivity contribution is 5.66. The molecule has 24 heavy (non-hydrogen) atoms. The van der Waals surface area contributed by atoms with Crippen LogP contribution in [0.5, 0.6) is 5.75 Å². The van der Waals surface area contributed by atoms with E-state index < -0.39 is 0 Å². The highest BCUT2D eigenvalue weighted by atomic mass is 16.5. The first-order valence-corrected chi connectivity index (χ1v) is 8.20. The third kappa shape index (κ3) is 4.07. The molecule has 0 saturated heterocycles. The van der Waals surface area contributed by atoms with Crippen LogP contribution in [0.4, 0.5) is 17.2 Å². The molecular weight excluding hydrogens is 298 g/mol. The lowest BCUT2D eigenvalue weighted by Crippen LogP contribution is -2.15. The smallest absolute Gasteiger partial charge is 0.134 e. The monoisotopic (exact) mass is 325 g/mol. The maximum Gasteiger partial charge on any atom is 0.134 e. The van der Waals surface area contributed by atoms with Crippen LogP contribution in [-0.4, -0.2) is 26.2 Å². The molecule has 0 spiro atoms. The quantitative estimate of drug-likeness (QED) is 0.754. The lowest BCUT2D eigenvalue weighted by Gasteiger charge is -2.23. The van der Waals surface area contributed by atoms with E-state index in [2.05, 4.69) is 54.9 Å². The zero-order valence-electron chi connectivity index (χ0n) is 15.5. The zero-order valence-corrected chi connectivity index (χ0v) is 15.5. The molecule has 0 atom stereocenters. The van der Waals surface area contributed by atoms with Gasteiger partial charge in [0.15, 0.2) is 0 Å². The predicted octanol–water partition coefficient (Wildman–Crippen LogP) is 4.92. The number of aromatic nitrogens is 1. The fraction of sp³-hybridized carbons (Fsp3) is 0.350. The summed E-state index contributed by atoms with van der Waals surface area (Å²) in [4.78, 5) is 8.83. The lowest BCUT2D eigenvalue weighted by molar-refractivity contribution is 0.415. The molecule has 128 valence electrons. The molecule has 1 aromatic heterocycles. The molecule has 0 aliphatic heterocycles. The second-order valence-electron chi connectivity index (χ2n) is 6.03. The first-order chi connectivity index (χ1) is 11.5. The van der Waals surface area contributed by atoms with E-state index in [1.807, 2.05) is 37.5 Å². The van der Waals surface area contributed by atoms with Crippen molar-refractivity contribution in [2.75, 3.05) is 31.0 Å². The maximum absolute atomic E-state index is 5.22. The summed E-state index contributed by atoms with van der Waals surface area (Å²) in [6.45, 7) is 6.41. The number of pyridine rings is 1. The molecule has 0 aliphatic carbocycles. The number of benzene rings is 1. The normalized spacial score (nSPS) is 11.3. The van der Waals surface area contributed by atoms with E-state index in [4.69, 9.17) is 4.74 Å². The van der Waals surface area contributed by atoms with Crippen LogP contribution in [0.2, 0.25) is 0 Å². The number of hydrogen-bond donors (Lipinski definition) is 0. The minimum Gasteiger partial charge on any atom is -0.497 e. The van der Waals surface area contributed by atoms with Gasteiger partial charge < -0.3 is 14.5 Å². The molecule has 0 radical (unpaired) electrons. The second kappa shape index (κ2) is 7.86. The number of nitrogens with zero attached hydrogens (tertiary/aromatic N) is 3. The van der Waals surface area contributed by atoms with Gasteiger partial charge in [0.05, 0.1) is 7.11 Å². The van der Waals surface area contributed by atoms with E-state index >= 15 is 0 Å². The number of methoxy groups -OCH3 is 1. The summed E-state index contributed by atoms with van der Waals surface area (Å²) in [5.41, 5.74) is 4.73. The van der Waals surface area contributed by atoms with Crippen molar-refractivity contribution in [3.63, 3.8) is 0 Å². The van der Waals surface area contributed by atoms with Crippen molar-refractivity contribution in [1.82, 2.24) is 4.98 Å². The molecule has 1 heterocycles. The van der Waals surface area contributed by atoms with E-state index in [0.29, 0.717) is 0 Å². The maximum atomic E-state index is 5.22. The standard InChI is InChI=1S/C20H27N3O/c1-7-15(2)14-22(4)19-12-20(21-13-16(19)3)23(5)17-8-10-18(24-6)11-9-17/h8-14H,7H2,1-6H3. The van der Waals surface area contributed by atoms with Crippen LogP contribution in [0.1, 0.15) is 25.8 Å². The summed E-state index contributed by atoms with van der Waals surface area (Å²) < 4.78 is 5.22. The Labute approximate surface area is 145 Å². The van der Waals surface area contributed by atoms with Gasteiger partial charge in [0.2, 0.25) is 0 Å². The predicted molar refractivity (Wildman–Crippen MR) is 102 cm³/mol. The number of hydrogen-bond acceptors (Lipinski definition) is 4. The molecule has 0 amide bonds. The van der Waals surface area contributed by atoms with Crippen LogP contribution in [0.15, 0.2) is 48.3 Å². The Hall–Kier alpha value is -2.49. The molecule has 0 bridgehead atoms. The van der Waals surface area contributed by atoms with Crippen molar-refractivity contribution in [3.05, 3.63) is 53.9 Å². The van der Waals surface area contributed by atoms with E-state index in [9.17, 15) is 0 Å². The summed E-state index contributed by atoms with van der Waals surface area (Å²) in [6.07, 6.45) is 5.16. The van der Waals surface area contributed by atoms with Crippen molar-refractivity contribution in [3.8, 4) is 5.75 Å². The summed E-state index contributed by atoms with van der Waals surface area (Å²) in [5.74, 6) is 1.76. The third-order valence-electron chi connectivity index (χ3n) is 4.22. The Bertz CT molecular complexity index is 707. The Morgan fingerprint density at radius 3 is 2.46 bits per heavy atom. The number of rotatable bonds is 6. The first-order valence-electron chi connectivity index (χ1n) is 8.20. The average molecular weight is 325 g/mol. The molecule has 2 rings (SSSR count). The van der Waals surface area contributed by atoms with E-state index in [1.54, 1.807) is 7.11 Å². The molecule has 0 aliphatic rings. The summed E-state index contributed by atoms with van der Waals surface area (Å²) in [6, 6.07) is 10.1. The molecule has 4 nitrogen and oxygen atoms in total. The van der Waals surface area contributed by atoms with Crippen LogP contribution >= 0.6 is 0 Å². The molecule has 0 saturated carbocycles. The topological polar surface area (TPSA) is 28.6 Å². The summed E-state index contributed by atoms with van der Waals surface area (Å²) in [7, 11) is 5.78. The summed E-state index contributed by atoms with van der Waals surface area (Å²) in [5, 5.41) is 0. The Morgan fingerprint density at radius 2 is 1.88 bits per heavy atom. The van der Waals surface area contributed by atoms with Crippen molar-refractivity contribution in [2.45, 2.75) is 27.2 Å². The van der Waals surface area contributed by atoms with E-state index in [-0.39, 0.29) is 0 Å². The lowest BCUT2D eigenvalue weighted by atomic mass is 10.2. The van der Waals surface area contributed by atoms with Gasteiger partial charge in [-0.25, -0.2) is 4.98 Å². The van der Waals surface area contributed by atoms with Crippen LogP contribution in [-0.2, 0) is 0 Å². The molecule has 0 unspecified atom stereocenters. The molecular formula is C20H27N3O. The molecule has 0 fully saturated rings. The van der Waals surface area contributed by atoms with Crippen molar-refractivity contribution in [1.29, 1.82) is 0 Å². The number of ether oxygens (including phenoxy) is 1. The zero-order chi connectivity index (χ0) is 17.7. The third-order valence-corrected chi connectivity index (χ3v) is 4.22. The van der Waals surface area contributed by atoms with Crippen LogP contribution in [0, 0.1) is 6.92 Å². The van der Waals surface area contributed by atoms with Crippen LogP contribution in [0.3, 0.4) is 0 Å². The largest absolute Gasteiger partial charge is 0.497 e. The van der Waals surface area contributed by atoms with Crippen molar-refractivity contribution < 1.29 is 4.74 Å². The van der Waals surface area contributed by atoms with Gasteiger partial charge in [0, 0.05) is 43.9 Å². The first kappa shape index (κ1) is 17.9. The molecule has 0 N–H and O–H groups in total. The van der Waals surface area contributed by atoms with Gasteiger partial charge in [-0.05, 0) is 50.1 Å². The second-order valence-corrected chi connectivity index (χ2v) is 6.03. The number of allylic oxidation sites excluding steroid dienone is 1. The van der Waals surface area contributed by atoms with Gasteiger partial charge in [-0.2, -0.15) is 0 Å². The summed E-state index contributed by atoms with van der Waals surface area (Å²) >= 11 is 0. The fourth-order valence-electron chi connectivity index (χ4n) is 2.50. The number of anilines is 3. The highest BCUT2D eigenvalue weighted by Crippen LogP contribution is 2.29. The van der Waals surface area contributed by atoms with Gasteiger partial charge in [-0.1, -0.05) is 12.5 Å². The van der Waals surface area contributed by atoms with Crippen molar-refractivity contribution >= 4 is 17.2 Å². The van der Waals surface area contributed by atoms with Crippen LogP contribution < -0.4 is 14.5 Å². The fourth-order valence-corrected chi connectivity index (χ4v) is 2.50. The molecule has 2 aromatic rings. The molecule has 4 heteroatoms. The van der Waals surface area contributed by atoms with Crippen LogP contribution in [0.25, 0.3) is 0 Å². The minimum atomic E-state index is 0.851. The van der Waals surface area contributed by atoms with Gasteiger partial charge in [0.25, 0.3) is 0 Å². The average Bonchev–Trinajstić information content (AvgIpc) is 2.61. The Balaban J connectivity index is 2.32. The minimum absolute atomic E-state index is 0.851. The number of aryl methyl sites for hydroxylation is 1. The van der Waals surface area contributed by atoms with Gasteiger partial charge in [0.1, 0.15) is 11.6 Å². The SMILES string of the molecule is CCC(C)=CN(C)c1cc(N(C)c2ccc(OC)cc2)ncc1C. The van der Waals surface area contributed by atoms with E-state index in [1.165, 1.54) is 5.57 Å². The van der Waals surface area contributed by atoms with Crippen molar-refractivity contribution in [2.24, 2.45) is 0 Å². The Morgan fingerprint density at radius 1 is 1.21 bits per heavy atom. The van der Waals surface area contributed by atoms with E-state index in [0.717, 1.165) is 34.9 Å².